The van der Waals surface area contributed by atoms with Gasteiger partial charge < -0.3 is 34.6 Å². The van der Waals surface area contributed by atoms with E-state index in [4.69, 9.17) is 18.6 Å². The van der Waals surface area contributed by atoms with Gasteiger partial charge >= 0.3 is 0 Å². The predicted molar refractivity (Wildman–Crippen MR) is 189 cm³/mol. The number of carbonyl (C=O) groups is 3. The molecule has 1 aliphatic rings. The second-order valence-electron chi connectivity index (χ2n) is 10.9. The molecule has 2 heterocycles. The Kier molecular flexibility index (Phi) is 10.3. The number of methoxy groups -OCH3 is 1. The summed E-state index contributed by atoms with van der Waals surface area (Å²) in [5.41, 5.74) is 2.24. The molecular formula is C38H33N3O7S. The van der Waals surface area contributed by atoms with Crippen molar-refractivity contribution in [3.63, 3.8) is 0 Å². The summed E-state index contributed by atoms with van der Waals surface area (Å²) in [6, 6.07) is 31.9. The van der Waals surface area contributed by atoms with E-state index < -0.39 is 17.1 Å². The van der Waals surface area contributed by atoms with Crippen molar-refractivity contribution >= 4 is 46.9 Å². The minimum absolute atomic E-state index is 0.0161. The molecular weight excluding hydrogens is 642 g/mol. The third-order valence-corrected chi connectivity index (χ3v) is 8.53. The molecule has 1 atom stereocenters. The lowest BCUT2D eigenvalue weighted by atomic mass is 10.1. The first-order valence-electron chi connectivity index (χ1n) is 15.5. The minimum atomic E-state index is -0.549. The zero-order valence-electron chi connectivity index (χ0n) is 26.7. The molecule has 10 nitrogen and oxygen atoms in total. The van der Waals surface area contributed by atoms with Gasteiger partial charge in [0.25, 0.3) is 11.8 Å². The lowest BCUT2D eigenvalue weighted by Crippen LogP contribution is -2.30. The summed E-state index contributed by atoms with van der Waals surface area (Å²) in [5.74, 6) is 1.62. The number of hydrogen-bond donors (Lipinski definition) is 3. The molecule has 6 rings (SSSR count). The summed E-state index contributed by atoms with van der Waals surface area (Å²) in [6.45, 7) is 2.77. The van der Waals surface area contributed by atoms with Crippen LogP contribution in [0.25, 0.3) is 17.4 Å². The normalized spacial score (nSPS) is 12.8. The molecule has 11 heteroatoms. The van der Waals surface area contributed by atoms with E-state index in [1.165, 1.54) is 17.8 Å². The van der Waals surface area contributed by atoms with Gasteiger partial charge in [-0.1, -0.05) is 30.3 Å². The van der Waals surface area contributed by atoms with Crippen LogP contribution in [0, 0.1) is 0 Å². The number of hydrogen-bond acceptors (Lipinski definition) is 8. The SMILES string of the molecule is COc1ccccc1-c1ccc(C=C(NC(=O)c2ccccc2)C(=O)Nc2ccc(SC(C)C(=O)Nc3ccc4c(c3)OCCO4)cc2)o1. The first-order valence-corrected chi connectivity index (χ1v) is 16.3. The first kappa shape index (κ1) is 33.0. The van der Waals surface area contributed by atoms with Crippen LogP contribution in [0.1, 0.15) is 23.0 Å². The quantitative estimate of drug-likeness (QED) is 0.0987. The second kappa shape index (κ2) is 15.3. The van der Waals surface area contributed by atoms with Gasteiger partial charge in [0, 0.05) is 34.0 Å². The molecule has 248 valence electrons. The van der Waals surface area contributed by atoms with Crippen molar-refractivity contribution in [2.75, 3.05) is 31.0 Å². The minimum Gasteiger partial charge on any atom is -0.496 e. The van der Waals surface area contributed by atoms with E-state index in [2.05, 4.69) is 16.0 Å². The van der Waals surface area contributed by atoms with Crippen molar-refractivity contribution in [1.82, 2.24) is 5.32 Å². The summed E-state index contributed by atoms with van der Waals surface area (Å²) >= 11 is 1.37. The van der Waals surface area contributed by atoms with Crippen molar-refractivity contribution in [3.05, 3.63) is 126 Å². The number of anilines is 2. The van der Waals surface area contributed by atoms with E-state index in [0.717, 1.165) is 10.5 Å². The molecule has 3 N–H and O–H groups in total. The van der Waals surface area contributed by atoms with E-state index in [0.29, 0.717) is 58.9 Å². The highest BCUT2D eigenvalue weighted by Crippen LogP contribution is 2.34. The molecule has 49 heavy (non-hydrogen) atoms. The second-order valence-corrected chi connectivity index (χ2v) is 12.3. The highest BCUT2D eigenvalue weighted by Gasteiger charge is 2.19. The van der Waals surface area contributed by atoms with Crippen molar-refractivity contribution in [3.8, 4) is 28.6 Å². The number of benzene rings is 4. The molecule has 5 aromatic rings. The van der Waals surface area contributed by atoms with Crippen LogP contribution in [0.15, 0.2) is 124 Å². The Bertz CT molecular complexity index is 1990. The van der Waals surface area contributed by atoms with E-state index >= 15 is 0 Å². The van der Waals surface area contributed by atoms with Gasteiger partial charge in [-0.3, -0.25) is 14.4 Å². The van der Waals surface area contributed by atoms with Gasteiger partial charge in [-0.15, -0.1) is 11.8 Å². The molecule has 4 aromatic carbocycles. The van der Waals surface area contributed by atoms with Gasteiger partial charge in [0.05, 0.1) is 17.9 Å². The number of amides is 3. The van der Waals surface area contributed by atoms with Crippen LogP contribution in [0.3, 0.4) is 0 Å². The fourth-order valence-corrected chi connectivity index (χ4v) is 5.81. The fraction of sp³-hybridized carbons (Fsp3) is 0.132. The first-order chi connectivity index (χ1) is 23.9. The summed E-state index contributed by atoms with van der Waals surface area (Å²) in [7, 11) is 1.58. The number of ether oxygens (including phenoxy) is 3. The maximum absolute atomic E-state index is 13.5. The summed E-state index contributed by atoms with van der Waals surface area (Å²) in [6.07, 6.45) is 1.47. The van der Waals surface area contributed by atoms with Crippen LogP contribution in [0.5, 0.6) is 17.2 Å². The maximum atomic E-state index is 13.5. The predicted octanol–water partition coefficient (Wildman–Crippen LogP) is 7.26. The van der Waals surface area contributed by atoms with Gasteiger partial charge in [0.2, 0.25) is 5.91 Å². The van der Waals surface area contributed by atoms with Gasteiger partial charge in [0.1, 0.15) is 36.2 Å². The van der Waals surface area contributed by atoms with Crippen LogP contribution < -0.4 is 30.2 Å². The third kappa shape index (κ3) is 8.32. The zero-order chi connectivity index (χ0) is 34.2. The fourth-order valence-electron chi connectivity index (χ4n) is 4.95. The molecule has 0 spiro atoms. The van der Waals surface area contributed by atoms with E-state index in [-0.39, 0.29) is 11.6 Å². The van der Waals surface area contributed by atoms with Crippen molar-refractivity contribution in [1.29, 1.82) is 0 Å². The number of nitrogens with one attached hydrogen (secondary N) is 3. The lowest BCUT2D eigenvalue weighted by Gasteiger charge is -2.19. The van der Waals surface area contributed by atoms with Gasteiger partial charge in [-0.25, -0.2) is 0 Å². The molecule has 0 aliphatic carbocycles. The van der Waals surface area contributed by atoms with Gasteiger partial charge in [-0.05, 0) is 79.7 Å². The Labute approximate surface area is 287 Å². The third-order valence-electron chi connectivity index (χ3n) is 7.42. The molecule has 0 saturated heterocycles. The number of thioether (sulfide) groups is 1. The van der Waals surface area contributed by atoms with Crippen molar-refractivity contribution < 1.29 is 33.0 Å². The number of rotatable bonds is 11. The lowest BCUT2D eigenvalue weighted by molar-refractivity contribution is -0.115. The van der Waals surface area contributed by atoms with Crippen LogP contribution in [0.2, 0.25) is 0 Å². The Morgan fingerprint density at radius 3 is 2.29 bits per heavy atom. The topological polar surface area (TPSA) is 128 Å². The summed E-state index contributed by atoms with van der Waals surface area (Å²) in [5, 5.41) is 8.07. The highest BCUT2D eigenvalue weighted by molar-refractivity contribution is 8.00. The van der Waals surface area contributed by atoms with Crippen LogP contribution in [-0.4, -0.2) is 43.3 Å². The summed E-state index contributed by atoms with van der Waals surface area (Å²) in [4.78, 5) is 40.4. The molecule has 1 unspecified atom stereocenters. The number of furan rings is 1. The monoisotopic (exact) mass is 675 g/mol. The van der Waals surface area contributed by atoms with Crippen LogP contribution >= 0.6 is 11.8 Å². The molecule has 0 bridgehead atoms. The molecule has 0 radical (unpaired) electrons. The Balaban J connectivity index is 1.13. The standard InChI is InChI=1S/C38H33N3O7S/c1-24(36(42)40-27-14-18-34-35(22-27)47-21-20-46-34)49-29-16-12-26(13-17-29)39-38(44)31(41-37(43)25-8-4-3-5-9-25)23-28-15-19-33(48-28)30-10-6-7-11-32(30)45-2/h3-19,22-24H,20-21H2,1-2H3,(H,39,44)(H,40,42)(H,41,43). The van der Waals surface area contributed by atoms with Gasteiger partial charge in [-0.2, -0.15) is 0 Å². The zero-order valence-corrected chi connectivity index (χ0v) is 27.5. The molecule has 1 aliphatic heterocycles. The van der Waals surface area contributed by atoms with Crippen molar-refractivity contribution in [2.45, 2.75) is 17.1 Å². The molecule has 1 aromatic heterocycles. The van der Waals surface area contributed by atoms with Crippen LogP contribution in [0.4, 0.5) is 11.4 Å². The average molecular weight is 676 g/mol. The Morgan fingerprint density at radius 2 is 1.51 bits per heavy atom. The van der Waals surface area contributed by atoms with E-state index in [1.807, 2.05) is 43.3 Å². The Hall–Kier alpha value is -5.94. The molecule has 3 amide bonds. The van der Waals surface area contributed by atoms with Crippen LogP contribution in [-0.2, 0) is 9.59 Å². The maximum Gasteiger partial charge on any atom is 0.272 e. The number of fused-ring (bicyclic) bond motifs is 1. The van der Waals surface area contributed by atoms with Gasteiger partial charge in [0.15, 0.2) is 11.5 Å². The smallest absolute Gasteiger partial charge is 0.272 e. The van der Waals surface area contributed by atoms with E-state index in [9.17, 15) is 14.4 Å². The molecule has 0 saturated carbocycles. The van der Waals surface area contributed by atoms with Crippen molar-refractivity contribution in [2.24, 2.45) is 0 Å². The average Bonchev–Trinajstić information content (AvgIpc) is 3.60. The number of para-hydroxylation sites is 1. The largest absolute Gasteiger partial charge is 0.496 e. The summed E-state index contributed by atoms with van der Waals surface area (Å²) < 4.78 is 22.6. The highest BCUT2D eigenvalue weighted by atomic mass is 32.2. The number of carbonyl (C=O) groups excluding carboxylic acids is 3. The van der Waals surface area contributed by atoms with E-state index in [1.54, 1.807) is 79.9 Å². The Morgan fingerprint density at radius 1 is 0.796 bits per heavy atom. The molecule has 0 fully saturated rings.